The second-order valence-corrected chi connectivity index (χ2v) is 8.90. The van der Waals surface area contributed by atoms with Crippen LogP contribution in [0.3, 0.4) is 0 Å². The third-order valence-corrected chi connectivity index (χ3v) is 4.76. The van der Waals surface area contributed by atoms with E-state index in [2.05, 4.69) is 41.6 Å². The largest absolute Gasteiger partial charge is 0.356 e. The average molecular weight is 467 g/mol. The molecule has 0 aliphatic heterocycles. The van der Waals surface area contributed by atoms with E-state index < -0.39 is 9.84 Å². The highest BCUT2D eigenvalue weighted by atomic mass is 127. The molecule has 1 aromatic carbocycles. The predicted octanol–water partition coefficient (Wildman–Crippen LogP) is 2.57. The van der Waals surface area contributed by atoms with Gasteiger partial charge in [0.15, 0.2) is 5.96 Å². The van der Waals surface area contributed by atoms with E-state index in [0.717, 1.165) is 6.54 Å². The Morgan fingerprint density at radius 1 is 1.25 bits per heavy atom. The molecule has 1 rings (SSSR count). The first-order valence-electron chi connectivity index (χ1n) is 7.84. The summed E-state index contributed by atoms with van der Waals surface area (Å²) in [5.41, 5.74) is 1.22. The fourth-order valence-electron chi connectivity index (χ4n) is 2.19. The zero-order valence-electron chi connectivity index (χ0n) is 15.2. The van der Waals surface area contributed by atoms with Crippen molar-refractivity contribution in [2.75, 3.05) is 25.6 Å². The highest BCUT2D eigenvalue weighted by Crippen LogP contribution is 2.21. The van der Waals surface area contributed by atoms with Crippen molar-refractivity contribution >= 4 is 39.8 Å². The van der Waals surface area contributed by atoms with Gasteiger partial charge in [-0.3, -0.25) is 4.99 Å². The Morgan fingerprint density at radius 3 is 2.33 bits per heavy atom. The third-order valence-electron chi connectivity index (χ3n) is 3.78. The summed E-state index contributed by atoms with van der Waals surface area (Å²) in [5.74, 6) is 0.864. The molecule has 0 aromatic heterocycles. The van der Waals surface area contributed by atoms with Crippen LogP contribution < -0.4 is 10.6 Å². The van der Waals surface area contributed by atoms with E-state index >= 15 is 0 Å². The third kappa shape index (κ3) is 8.86. The molecule has 0 bridgehead atoms. The molecule has 0 aliphatic rings. The van der Waals surface area contributed by atoms with Crippen molar-refractivity contribution in [1.29, 1.82) is 0 Å². The standard InChI is InChI=1S/C17H29N3O2S.HI/c1-14(11-12-23(5,21)22)20-16(18-4)19-13-17(2,3)15-9-7-6-8-10-15;/h6-10,14H,11-13H2,1-5H3,(H2,18,19,20);1H. The fourth-order valence-corrected chi connectivity index (χ4v) is 2.97. The van der Waals surface area contributed by atoms with Crippen LogP contribution in [-0.2, 0) is 15.3 Å². The molecule has 2 N–H and O–H groups in total. The summed E-state index contributed by atoms with van der Waals surface area (Å²) in [7, 11) is -1.22. The molecule has 138 valence electrons. The van der Waals surface area contributed by atoms with Crippen molar-refractivity contribution in [1.82, 2.24) is 10.6 Å². The molecular formula is C17H30IN3O2S. The second-order valence-electron chi connectivity index (χ2n) is 6.64. The molecular weight excluding hydrogens is 437 g/mol. The first kappa shape index (κ1) is 23.2. The van der Waals surface area contributed by atoms with Gasteiger partial charge >= 0.3 is 0 Å². The maximum absolute atomic E-state index is 11.2. The molecule has 5 nitrogen and oxygen atoms in total. The summed E-state index contributed by atoms with van der Waals surface area (Å²) < 4.78 is 22.5. The molecule has 1 unspecified atom stereocenters. The lowest BCUT2D eigenvalue weighted by Gasteiger charge is -2.27. The van der Waals surface area contributed by atoms with E-state index in [4.69, 9.17) is 0 Å². The van der Waals surface area contributed by atoms with Gasteiger partial charge in [-0.25, -0.2) is 8.42 Å². The van der Waals surface area contributed by atoms with Crippen LogP contribution in [0.25, 0.3) is 0 Å². The number of hydrogen-bond acceptors (Lipinski definition) is 3. The van der Waals surface area contributed by atoms with Crippen molar-refractivity contribution in [3.05, 3.63) is 35.9 Å². The van der Waals surface area contributed by atoms with Gasteiger partial charge in [0.05, 0.1) is 5.75 Å². The van der Waals surface area contributed by atoms with Crippen LogP contribution in [-0.4, -0.2) is 46.0 Å². The lowest BCUT2D eigenvalue weighted by Crippen LogP contribution is -2.46. The molecule has 0 aliphatic carbocycles. The van der Waals surface area contributed by atoms with Crippen molar-refractivity contribution in [2.24, 2.45) is 4.99 Å². The molecule has 1 aromatic rings. The summed E-state index contributed by atoms with van der Waals surface area (Å²) in [6.07, 6.45) is 1.82. The van der Waals surface area contributed by atoms with Crippen molar-refractivity contribution < 1.29 is 8.42 Å². The van der Waals surface area contributed by atoms with Gasteiger partial charge < -0.3 is 10.6 Å². The molecule has 0 spiro atoms. The lowest BCUT2D eigenvalue weighted by molar-refractivity contribution is 0.503. The van der Waals surface area contributed by atoms with E-state index in [0.29, 0.717) is 12.4 Å². The minimum atomic E-state index is -2.93. The summed E-state index contributed by atoms with van der Waals surface area (Å²) in [4.78, 5) is 4.21. The monoisotopic (exact) mass is 467 g/mol. The van der Waals surface area contributed by atoms with Gasteiger partial charge in [-0.15, -0.1) is 24.0 Å². The first-order chi connectivity index (χ1) is 10.6. The maximum Gasteiger partial charge on any atom is 0.191 e. The fraction of sp³-hybridized carbons (Fsp3) is 0.588. The van der Waals surface area contributed by atoms with Crippen LogP contribution in [0, 0.1) is 0 Å². The predicted molar refractivity (Wildman–Crippen MR) is 113 cm³/mol. The zero-order valence-corrected chi connectivity index (χ0v) is 18.3. The molecule has 7 heteroatoms. The van der Waals surface area contributed by atoms with Gasteiger partial charge in [0.1, 0.15) is 9.84 Å². The zero-order chi connectivity index (χ0) is 17.5. The SMILES string of the molecule is CN=C(NCC(C)(C)c1ccccc1)NC(C)CCS(C)(=O)=O.I. The Morgan fingerprint density at radius 2 is 1.83 bits per heavy atom. The number of sulfone groups is 1. The topological polar surface area (TPSA) is 70.6 Å². The van der Waals surface area contributed by atoms with E-state index in [9.17, 15) is 8.42 Å². The Balaban J connectivity index is 0.00000529. The number of nitrogens with one attached hydrogen (secondary N) is 2. The highest BCUT2D eigenvalue weighted by molar-refractivity contribution is 14.0. The van der Waals surface area contributed by atoms with Gasteiger partial charge in [0, 0.05) is 31.3 Å². The van der Waals surface area contributed by atoms with Crippen LogP contribution in [0.1, 0.15) is 32.8 Å². The first-order valence-corrected chi connectivity index (χ1v) is 9.90. The Kier molecular flexibility index (Phi) is 9.87. The van der Waals surface area contributed by atoms with Crippen LogP contribution in [0.15, 0.2) is 35.3 Å². The number of hydrogen-bond donors (Lipinski definition) is 2. The highest BCUT2D eigenvalue weighted by Gasteiger charge is 2.20. The van der Waals surface area contributed by atoms with E-state index in [-0.39, 0.29) is 41.2 Å². The van der Waals surface area contributed by atoms with E-state index in [1.807, 2.05) is 25.1 Å². The molecule has 0 heterocycles. The van der Waals surface area contributed by atoms with Crippen LogP contribution in [0.4, 0.5) is 0 Å². The smallest absolute Gasteiger partial charge is 0.191 e. The number of guanidine groups is 1. The normalized spacial score (nSPS) is 13.8. The summed E-state index contributed by atoms with van der Waals surface area (Å²) >= 11 is 0. The molecule has 0 saturated heterocycles. The van der Waals surface area contributed by atoms with Crippen molar-refractivity contribution in [2.45, 2.75) is 38.6 Å². The Labute approximate surface area is 163 Å². The summed E-state index contributed by atoms with van der Waals surface area (Å²) in [5, 5.41) is 6.56. The van der Waals surface area contributed by atoms with E-state index in [1.54, 1.807) is 7.05 Å². The van der Waals surface area contributed by atoms with E-state index in [1.165, 1.54) is 11.8 Å². The Bertz CT molecular complexity index is 616. The quantitative estimate of drug-likeness (QED) is 0.368. The molecule has 1 atom stereocenters. The maximum atomic E-state index is 11.2. The number of benzene rings is 1. The number of rotatable bonds is 7. The number of aliphatic imine (C=N–C) groups is 1. The van der Waals surface area contributed by atoms with Gasteiger partial charge in [-0.2, -0.15) is 0 Å². The van der Waals surface area contributed by atoms with Crippen LogP contribution in [0.5, 0.6) is 0 Å². The summed E-state index contributed by atoms with van der Waals surface area (Å²) in [6, 6.07) is 10.4. The number of halogens is 1. The molecule has 0 saturated carbocycles. The van der Waals surface area contributed by atoms with Crippen LogP contribution in [0.2, 0.25) is 0 Å². The lowest BCUT2D eigenvalue weighted by atomic mass is 9.85. The van der Waals surface area contributed by atoms with Gasteiger partial charge in [0.25, 0.3) is 0 Å². The molecule has 0 amide bonds. The minimum Gasteiger partial charge on any atom is -0.356 e. The second kappa shape index (κ2) is 10.2. The minimum absolute atomic E-state index is 0. The van der Waals surface area contributed by atoms with Crippen molar-refractivity contribution in [3.63, 3.8) is 0 Å². The average Bonchev–Trinajstić information content (AvgIpc) is 2.49. The van der Waals surface area contributed by atoms with Gasteiger partial charge in [0.2, 0.25) is 0 Å². The van der Waals surface area contributed by atoms with Gasteiger partial charge in [-0.05, 0) is 18.9 Å². The molecule has 24 heavy (non-hydrogen) atoms. The molecule has 0 radical (unpaired) electrons. The summed E-state index contributed by atoms with van der Waals surface area (Å²) in [6.45, 7) is 7.04. The van der Waals surface area contributed by atoms with Crippen molar-refractivity contribution in [3.8, 4) is 0 Å². The van der Waals surface area contributed by atoms with Gasteiger partial charge in [-0.1, -0.05) is 44.2 Å². The number of nitrogens with zero attached hydrogens (tertiary/aromatic N) is 1. The Hall–Kier alpha value is -0.830. The van der Waals surface area contributed by atoms with Crippen LogP contribution >= 0.6 is 24.0 Å². The molecule has 0 fully saturated rings.